The van der Waals surface area contributed by atoms with E-state index in [0.717, 1.165) is 24.8 Å². The minimum absolute atomic E-state index is 0.000270. The largest absolute Gasteiger partial charge is 0.265 e. The van der Waals surface area contributed by atoms with Crippen molar-refractivity contribution >= 4 is 11.6 Å². The van der Waals surface area contributed by atoms with Crippen molar-refractivity contribution in [1.82, 2.24) is 0 Å². The van der Waals surface area contributed by atoms with Crippen LogP contribution in [0, 0.1) is 16.0 Å². The third-order valence-corrected chi connectivity index (χ3v) is 3.30. The summed E-state index contributed by atoms with van der Waals surface area (Å²) < 4.78 is 0. The van der Waals surface area contributed by atoms with Gasteiger partial charge in [-0.1, -0.05) is 50.4 Å². The summed E-state index contributed by atoms with van der Waals surface area (Å²) in [5.41, 5.74) is 1.01. The summed E-state index contributed by atoms with van der Waals surface area (Å²) in [7, 11) is 0. The van der Waals surface area contributed by atoms with Crippen molar-refractivity contribution < 1.29 is 4.92 Å². The molecule has 0 radical (unpaired) electrons. The lowest BCUT2D eigenvalue weighted by Crippen LogP contribution is -2.13. The van der Waals surface area contributed by atoms with Crippen LogP contribution in [0.3, 0.4) is 0 Å². The second-order valence-corrected chi connectivity index (χ2v) is 5.52. The molecule has 1 atom stereocenters. The number of halogens is 1. The Bertz CT molecular complexity index is 376. The molecule has 0 N–H and O–H groups in total. The summed E-state index contributed by atoms with van der Waals surface area (Å²) >= 11 is 5.83. The molecule has 0 amide bonds. The molecular formula is C14H20ClNO2. The van der Waals surface area contributed by atoms with Crippen LogP contribution in [0.25, 0.3) is 0 Å². The zero-order chi connectivity index (χ0) is 13.5. The smallest absolute Gasteiger partial charge is 0.210 e. The minimum atomic E-state index is -0.228. The molecule has 4 heteroatoms. The summed E-state index contributed by atoms with van der Waals surface area (Å²) in [4.78, 5) is 10.5. The van der Waals surface area contributed by atoms with Crippen LogP contribution in [-0.2, 0) is 0 Å². The van der Waals surface area contributed by atoms with E-state index >= 15 is 0 Å². The lowest BCUT2D eigenvalue weighted by molar-refractivity contribution is -0.483. The second-order valence-electron chi connectivity index (χ2n) is 5.09. The first-order valence-corrected chi connectivity index (χ1v) is 6.74. The molecule has 0 aliphatic rings. The van der Waals surface area contributed by atoms with Gasteiger partial charge in [0.25, 0.3) is 0 Å². The Morgan fingerprint density at radius 1 is 1.22 bits per heavy atom. The first-order valence-electron chi connectivity index (χ1n) is 6.36. The fraction of sp³-hybridized carbons (Fsp3) is 0.571. The molecule has 0 heterocycles. The Hall–Kier alpha value is -1.09. The van der Waals surface area contributed by atoms with Crippen LogP contribution < -0.4 is 0 Å². The lowest BCUT2D eigenvalue weighted by atomic mass is 9.92. The van der Waals surface area contributed by atoms with Gasteiger partial charge in [0.05, 0.1) is 0 Å². The fourth-order valence-electron chi connectivity index (χ4n) is 2.05. The summed E-state index contributed by atoms with van der Waals surface area (Å²) in [6.07, 6.45) is 3.00. The fourth-order valence-corrected chi connectivity index (χ4v) is 2.18. The normalized spacial score (nSPS) is 12.7. The van der Waals surface area contributed by atoms with Crippen molar-refractivity contribution in [3.05, 3.63) is 45.0 Å². The highest BCUT2D eigenvalue weighted by Gasteiger charge is 2.17. The number of hydrogen-bond donors (Lipinski definition) is 0. The first kappa shape index (κ1) is 15.0. The van der Waals surface area contributed by atoms with Gasteiger partial charge in [-0.2, -0.15) is 0 Å². The molecule has 0 fully saturated rings. The van der Waals surface area contributed by atoms with E-state index in [-0.39, 0.29) is 17.4 Å². The van der Waals surface area contributed by atoms with Crippen LogP contribution in [0.5, 0.6) is 0 Å². The zero-order valence-electron chi connectivity index (χ0n) is 10.9. The molecule has 0 spiro atoms. The summed E-state index contributed by atoms with van der Waals surface area (Å²) in [6.45, 7) is 4.34. The van der Waals surface area contributed by atoms with Gasteiger partial charge in [0.2, 0.25) is 6.54 Å². The summed E-state index contributed by atoms with van der Waals surface area (Å²) in [5.74, 6) is 0.641. The predicted molar refractivity (Wildman–Crippen MR) is 74.7 cm³/mol. The molecule has 18 heavy (non-hydrogen) atoms. The Balaban J connectivity index is 2.65. The van der Waals surface area contributed by atoms with Crippen molar-refractivity contribution in [2.24, 2.45) is 5.92 Å². The second kappa shape index (κ2) is 7.37. The molecule has 0 aliphatic carbocycles. The van der Waals surface area contributed by atoms with Gasteiger partial charge in [-0.15, -0.1) is 0 Å². The monoisotopic (exact) mass is 269 g/mol. The van der Waals surface area contributed by atoms with Gasteiger partial charge in [0.1, 0.15) is 0 Å². The molecular weight excluding hydrogens is 250 g/mol. The van der Waals surface area contributed by atoms with Crippen molar-refractivity contribution in [2.45, 2.75) is 39.0 Å². The summed E-state index contributed by atoms with van der Waals surface area (Å²) in [5, 5.41) is 11.4. The van der Waals surface area contributed by atoms with Crippen LogP contribution in [0.15, 0.2) is 24.3 Å². The molecule has 1 aromatic carbocycles. The van der Waals surface area contributed by atoms with Crippen molar-refractivity contribution in [1.29, 1.82) is 0 Å². The number of nitrogens with zero attached hydrogens (tertiary/aromatic N) is 1. The average molecular weight is 270 g/mol. The van der Waals surface area contributed by atoms with Gasteiger partial charge in [-0.3, -0.25) is 10.1 Å². The Labute approximate surface area is 113 Å². The number of hydrogen-bond acceptors (Lipinski definition) is 2. The average Bonchev–Trinajstić information content (AvgIpc) is 2.28. The maximum Gasteiger partial charge on any atom is 0.210 e. The Morgan fingerprint density at radius 3 is 2.33 bits per heavy atom. The molecule has 0 unspecified atom stereocenters. The zero-order valence-corrected chi connectivity index (χ0v) is 11.7. The van der Waals surface area contributed by atoms with Gasteiger partial charge < -0.3 is 0 Å². The van der Waals surface area contributed by atoms with E-state index in [4.69, 9.17) is 11.6 Å². The summed E-state index contributed by atoms with van der Waals surface area (Å²) in [6, 6.07) is 7.39. The highest BCUT2D eigenvalue weighted by molar-refractivity contribution is 6.30. The third kappa shape index (κ3) is 5.50. The highest BCUT2D eigenvalue weighted by Crippen LogP contribution is 2.24. The van der Waals surface area contributed by atoms with Crippen LogP contribution in [0.4, 0.5) is 0 Å². The molecule has 0 aliphatic heterocycles. The number of rotatable bonds is 7. The predicted octanol–water partition coefficient (Wildman–Crippen LogP) is 4.53. The van der Waals surface area contributed by atoms with E-state index in [1.165, 1.54) is 0 Å². The minimum Gasteiger partial charge on any atom is -0.265 e. The van der Waals surface area contributed by atoms with E-state index < -0.39 is 0 Å². The van der Waals surface area contributed by atoms with Crippen LogP contribution in [-0.4, -0.2) is 11.5 Å². The van der Waals surface area contributed by atoms with Crippen molar-refractivity contribution in [2.75, 3.05) is 6.54 Å². The SMILES string of the molecule is CC(C)CCC[C@@H](C[N+](=O)[O-])c1ccc(Cl)cc1. The van der Waals surface area contributed by atoms with Crippen LogP contribution in [0.2, 0.25) is 5.02 Å². The third-order valence-electron chi connectivity index (χ3n) is 3.04. The number of nitro groups is 1. The van der Waals surface area contributed by atoms with Gasteiger partial charge >= 0.3 is 0 Å². The lowest BCUT2D eigenvalue weighted by Gasteiger charge is -2.14. The molecule has 0 saturated heterocycles. The van der Waals surface area contributed by atoms with Crippen LogP contribution >= 0.6 is 11.6 Å². The van der Waals surface area contributed by atoms with E-state index in [1.807, 2.05) is 12.1 Å². The van der Waals surface area contributed by atoms with Crippen molar-refractivity contribution in [3.63, 3.8) is 0 Å². The van der Waals surface area contributed by atoms with Crippen molar-refractivity contribution in [3.8, 4) is 0 Å². The molecule has 1 rings (SSSR count). The molecule has 3 nitrogen and oxygen atoms in total. The van der Waals surface area contributed by atoms with E-state index in [2.05, 4.69) is 13.8 Å². The molecule has 0 aromatic heterocycles. The molecule has 0 saturated carbocycles. The van der Waals surface area contributed by atoms with Gasteiger partial charge in [-0.25, -0.2) is 0 Å². The topological polar surface area (TPSA) is 43.1 Å². The van der Waals surface area contributed by atoms with Gasteiger partial charge in [0.15, 0.2) is 0 Å². The standard InChI is InChI=1S/C14H20ClNO2/c1-11(2)4-3-5-13(10-16(17)18)12-6-8-14(15)9-7-12/h6-9,11,13H,3-5,10H2,1-2H3/t13-/m0/s1. The van der Waals surface area contributed by atoms with E-state index in [1.54, 1.807) is 12.1 Å². The van der Waals surface area contributed by atoms with Gasteiger partial charge in [-0.05, 0) is 30.0 Å². The Kier molecular flexibility index (Phi) is 6.13. The number of benzene rings is 1. The molecule has 1 aromatic rings. The Morgan fingerprint density at radius 2 is 1.83 bits per heavy atom. The highest BCUT2D eigenvalue weighted by atomic mass is 35.5. The molecule has 100 valence electrons. The maximum atomic E-state index is 10.7. The molecule has 0 bridgehead atoms. The first-order chi connectivity index (χ1) is 8.49. The van der Waals surface area contributed by atoms with Crippen LogP contribution in [0.1, 0.15) is 44.6 Å². The van der Waals surface area contributed by atoms with Gasteiger partial charge in [0, 0.05) is 15.9 Å². The van der Waals surface area contributed by atoms with E-state index in [9.17, 15) is 10.1 Å². The maximum absolute atomic E-state index is 10.7. The van der Waals surface area contributed by atoms with E-state index in [0.29, 0.717) is 10.9 Å². The quantitative estimate of drug-likeness (QED) is 0.539.